The number of fused-ring (bicyclic) bond motifs is 2. The number of amides is 1. The fraction of sp³-hybridized carbons (Fsp3) is 0.0345. The largest absolute Gasteiger partial charge is 0.452 e. The van der Waals surface area contributed by atoms with Crippen molar-refractivity contribution in [1.29, 1.82) is 0 Å². The Morgan fingerprint density at radius 2 is 1.68 bits per heavy atom. The highest BCUT2D eigenvalue weighted by molar-refractivity contribution is 7.21. The van der Waals surface area contributed by atoms with Gasteiger partial charge in [0, 0.05) is 17.0 Å². The molecule has 0 saturated heterocycles. The van der Waals surface area contributed by atoms with Crippen LogP contribution in [0.1, 0.15) is 10.4 Å². The quantitative estimate of drug-likeness (QED) is 0.287. The van der Waals surface area contributed by atoms with Crippen LogP contribution in [0.15, 0.2) is 102 Å². The van der Waals surface area contributed by atoms with E-state index in [4.69, 9.17) is 9.72 Å². The molecule has 0 saturated carbocycles. The van der Waals surface area contributed by atoms with E-state index < -0.39 is 18.5 Å². The maximum Gasteiger partial charge on any atom is 0.339 e. The zero-order valence-electron chi connectivity index (χ0n) is 19.9. The molecule has 6 rings (SSSR count). The molecule has 9 heteroatoms. The summed E-state index contributed by atoms with van der Waals surface area (Å²) in [4.78, 5) is 42.7. The summed E-state index contributed by atoms with van der Waals surface area (Å²) in [5.74, 6) is -1.01. The average Bonchev–Trinajstić information content (AvgIpc) is 3.54. The molecule has 0 atom stereocenters. The summed E-state index contributed by atoms with van der Waals surface area (Å²) in [6.45, 7) is -0.517. The van der Waals surface area contributed by atoms with Crippen molar-refractivity contribution >= 4 is 50.0 Å². The number of H-pyrrole nitrogens is 1. The number of hydrogen-bond donors (Lipinski definition) is 2. The average molecular weight is 521 g/mol. The van der Waals surface area contributed by atoms with E-state index in [9.17, 15) is 14.4 Å². The van der Waals surface area contributed by atoms with Gasteiger partial charge in [0.2, 0.25) is 0 Å². The lowest BCUT2D eigenvalue weighted by Gasteiger charge is -2.10. The van der Waals surface area contributed by atoms with E-state index in [-0.39, 0.29) is 11.4 Å². The lowest BCUT2D eigenvalue weighted by Crippen LogP contribution is -2.21. The highest BCUT2D eigenvalue weighted by Crippen LogP contribution is 2.36. The van der Waals surface area contributed by atoms with Gasteiger partial charge in [-0.25, -0.2) is 14.5 Å². The van der Waals surface area contributed by atoms with Crippen LogP contribution in [0.5, 0.6) is 0 Å². The van der Waals surface area contributed by atoms with Crippen LogP contribution in [0.2, 0.25) is 0 Å². The normalized spacial score (nSPS) is 11.1. The van der Waals surface area contributed by atoms with Crippen molar-refractivity contribution in [2.75, 3.05) is 11.9 Å². The fourth-order valence-corrected chi connectivity index (χ4v) is 5.30. The molecule has 186 valence electrons. The number of hydrogen-bond acceptors (Lipinski definition) is 6. The number of thiazole rings is 1. The molecule has 38 heavy (non-hydrogen) atoms. The summed E-state index contributed by atoms with van der Waals surface area (Å²) in [5.41, 5.74) is 2.35. The van der Waals surface area contributed by atoms with Crippen LogP contribution < -0.4 is 10.9 Å². The van der Waals surface area contributed by atoms with Crippen molar-refractivity contribution in [3.63, 3.8) is 0 Å². The SMILES string of the molecule is O=C(COC(=O)c1cccc2cccc(-c3nc4ccccc4s3)c12)Nc1cc(=O)n(-c2ccccc2)[nH]1. The molecule has 0 bridgehead atoms. The minimum absolute atomic E-state index is 0.197. The summed E-state index contributed by atoms with van der Waals surface area (Å²) >= 11 is 1.55. The van der Waals surface area contributed by atoms with Crippen LogP contribution >= 0.6 is 11.3 Å². The summed E-state index contributed by atoms with van der Waals surface area (Å²) < 4.78 is 7.73. The minimum atomic E-state index is -0.630. The summed E-state index contributed by atoms with van der Waals surface area (Å²) in [6, 6.07) is 29.2. The van der Waals surface area contributed by atoms with Gasteiger partial charge in [0.25, 0.3) is 11.5 Å². The number of carbonyl (C=O) groups excluding carboxylic acids is 2. The molecule has 0 aliphatic heterocycles. The second-order valence-corrected chi connectivity index (χ2v) is 9.53. The highest BCUT2D eigenvalue weighted by Gasteiger charge is 2.19. The Morgan fingerprint density at radius 1 is 0.921 bits per heavy atom. The Balaban J connectivity index is 1.22. The van der Waals surface area contributed by atoms with Gasteiger partial charge in [-0.2, -0.15) is 0 Å². The number of carbonyl (C=O) groups is 2. The molecule has 4 aromatic carbocycles. The van der Waals surface area contributed by atoms with Gasteiger partial charge in [-0.05, 0) is 35.7 Å². The third kappa shape index (κ3) is 4.46. The Labute approximate surface area is 220 Å². The Hall–Kier alpha value is -5.02. The van der Waals surface area contributed by atoms with E-state index in [1.165, 1.54) is 10.7 Å². The monoisotopic (exact) mass is 520 g/mol. The molecule has 2 aromatic heterocycles. The molecular weight excluding hydrogens is 500 g/mol. The number of esters is 1. The zero-order valence-corrected chi connectivity index (χ0v) is 20.7. The molecule has 2 N–H and O–H groups in total. The number of nitrogens with zero attached hydrogens (tertiary/aromatic N) is 2. The maximum absolute atomic E-state index is 13.1. The standard InChI is InChI=1S/C29H20N4O4S/c34-25(31-24-16-26(35)33(32-24)19-10-2-1-3-11-19)17-37-29(36)21-13-7-9-18-8-6-12-20(27(18)21)28-30-22-14-4-5-15-23(22)38-28/h1-16,32H,17H2,(H,31,34). The van der Waals surface area contributed by atoms with E-state index in [1.807, 2.05) is 54.6 Å². The molecule has 0 aliphatic rings. The van der Waals surface area contributed by atoms with Gasteiger partial charge in [0.05, 0.1) is 21.5 Å². The number of anilines is 1. The first-order valence-corrected chi connectivity index (χ1v) is 12.6. The molecule has 0 unspecified atom stereocenters. The highest BCUT2D eigenvalue weighted by atomic mass is 32.1. The lowest BCUT2D eigenvalue weighted by molar-refractivity contribution is -0.119. The minimum Gasteiger partial charge on any atom is -0.452 e. The van der Waals surface area contributed by atoms with Crippen molar-refractivity contribution in [1.82, 2.24) is 14.8 Å². The predicted molar refractivity (Wildman–Crippen MR) is 148 cm³/mol. The van der Waals surface area contributed by atoms with Crippen molar-refractivity contribution in [2.45, 2.75) is 0 Å². The number of aromatic amines is 1. The Kier molecular flexibility index (Phi) is 6.03. The Bertz CT molecular complexity index is 1830. The number of ether oxygens (including phenoxy) is 1. The fourth-order valence-electron chi connectivity index (χ4n) is 4.30. The molecule has 0 aliphatic carbocycles. The number of rotatable bonds is 6. The van der Waals surface area contributed by atoms with Crippen LogP contribution in [0.3, 0.4) is 0 Å². The van der Waals surface area contributed by atoms with Gasteiger partial charge < -0.3 is 10.1 Å². The molecule has 0 radical (unpaired) electrons. The summed E-state index contributed by atoms with van der Waals surface area (Å²) in [5, 5.41) is 7.77. The lowest BCUT2D eigenvalue weighted by atomic mass is 9.99. The zero-order chi connectivity index (χ0) is 26.1. The molecule has 2 heterocycles. The molecule has 0 spiro atoms. The number of aromatic nitrogens is 3. The maximum atomic E-state index is 13.1. The van der Waals surface area contributed by atoms with E-state index in [0.717, 1.165) is 26.2 Å². The van der Waals surface area contributed by atoms with Crippen molar-refractivity contribution in [2.24, 2.45) is 0 Å². The first-order valence-electron chi connectivity index (χ1n) is 11.8. The second kappa shape index (κ2) is 9.79. The third-order valence-corrected chi connectivity index (χ3v) is 7.06. The number of benzene rings is 4. The van der Waals surface area contributed by atoms with Crippen LogP contribution in [0.4, 0.5) is 5.82 Å². The first-order chi connectivity index (χ1) is 18.6. The van der Waals surface area contributed by atoms with Crippen LogP contribution in [-0.2, 0) is 9.53 Å². The van der Waals surface area contributed by atoms with E-state index in [0.29, 0.717) is 16.6 Å². The van der Waals surface area contributed by atoms with E-state index in [2.05, 4.69) is 10.4 Å². The second-order valence-electron chi connectivity index (χ2n) is 8.50. The molecule has 8 nitrogen and oxygen atoms in total. The van der Waals surface area contributed by atoms with Gasteiger partial charge >= 0.3 is 5.97 Å². The third-order valence-electron chi connectivity index (χ3n) is 5.99. The molecule has 6 aromatic rings. The molecular formula is C29H20N4O4S. The van der Waals surface area contributed by atoms with Crippen molar-refractivity contribution in [3.05, 3.63) is 113 Å². The summed E-state index contributed by atoms with van der Waals surface area (Å²) in [6.07, 6.45) is 0. The van der Waals surface area contributed by atoms with Gasteiger partial charge in [-0.3, -0.25) is 14.7 Å². The number of nitrogens with one attached hydrogen (secondary N) is 2. The van der Waals surface area contributed by atoms with Gasteiger partial charge in [0.15, 0.2) is 6.61 Å². The predicted octanol–water partition coefficient (Wildman–Crippen LogP) is 5.39. The van der Waals surface area contributed by atoms with Crippen LogP contribution in [-0.4, -0.2) is 33.2 Å². The van der Waals surface area contributed by atoms with Crippen molar-refractivity contribution in [3.8, 4) is 16.3 Å². The van der Waals surface area contributed by atoms with E-state index >= 15 is 0 Å². The van der Waals surface area contributed by atoms with Crippen molar-refractivity contribution < 1.29 is 14.3 Å². The van der Waals surface area contributed by atoms with Gasteiger partial charge in [0.1, 0.15) is 10.8 Å². The Morgan fingerprint density at radius 3 is 2.50 bits per heavy atom. The molecule has 0 fully saturated rings. The smallest absolute Gasteiger partial charge is 0.339 e. The topological polar surface area (TPSA) is 106 Å². The number of para-hydroxylation sites is 2. The molecule has 1 amide bonds. The van der Waals surface area contributed by atoms with Crippen LogP contribution in [0.25, 0.3) is 37.2 Å². The summed E-state index contributed by atoms with van der Waals surface area (Å²) in [7, 11) is 0. The van der Waals surface area contributed by atoms with E-state index in [1.54, 1.807) is 47.7 Å². The van der Waals surface area contributed by atoms with Gasteiger partial charge in [-0.15, -0.1) is 11.3 Å². The van der Waals surface area contributed by atoms with Crippen LogP contribution in [0, 0.1) is 0 Å². The first kappa shape index (κ1) is 23.4. The van der Waals surface area contributed by atoms with Gasteiger partial charge in [-0.1, -0.05) is 60.7 Å².